The van der Waals surface area contributed by atoms with E-state index in [0.29, 0.717) is 16.3 Å². The Bertz CT molecular complexity index is 1310. The summed E-state index contributed by atoms with van der Waals surface area (Å²) in [5.74, 6) is -0.0232. The predicted molar refractivity (Wildman–Crippen MR) is 144 cm³/mol. The summed E-state index contributed by atoms with van der Waals surface area (Å²) < 4.78 is 24.1. The number of ether oxygens (including phenoxy) is 4. The standard InChI is InChI=1S/C30H28ClNO7/c1-18(33)32-26-27(35)28-25(17-36-29(39-28)21-5-3-2-4-6-21)38-30(26)37-23-14-7-19(8-15-23)9-16-24(34)20-10-12-22(31)13-11-20/h2-16,25-30,35H,17H2,1H3,(H,32,33)/b16-9+. The highest BCUT2D eigenvalue weighted by Crippen LogP contribution is 2.35. The lowest BCUT2D eigenvalue weighted by atomic mass is 9.95. The summed E-state index contributed by atoms with van der Waals surface area (Å²) in [6.45, 7) is 1.54. The lowest BCUT2D eigenvalue weighted by Gasteiger charge is -2.47. The zero-order chi connectivity index (χ0) is 27.4. The molecule has 39 heavy (non-hydrogen) atoms. The van der Waals surface area contributed by atoms with E-state index in [0.717, 1.165) is 11.1 Å². The van der Waals surface area contributed by atoms with Gasteiger partial charge in [0, 0.05) is 23.1 Å². The van der Waals surface area contributed by atoms with E-state index in [-0.39, 0.29) is 18.3 Å². The monoisotopic (exact) mass is 549 g/mol. The van der Waals surface area contributed by atoms with Crippen molar-refractivity contribution >= 4 is 29.4 Å². The maximum absolute atomic E-state index is 12.4. The molecule has 0 spiro atoms. The Labute approximate surface area is 231 Å². The quantitative estimate of drug-likeness (QED) is 0.334. The molecule has 3 aromatic carbocycles. The average Bonchev–Trinajstić information content (AvgIpc) is 2.95. The molecule has 3 aromatic rings. The molecular formula is C30H28ClNO7. The molecular weight excluding hydrogens is 522 g/mol. The summed E-state index contributed by atoms with van der Waals surface area (Å²) in [7, 11) is 0. The fraction of sp³-hybridized carbons (Fsp3) is 0.267. The molecule has 2 aliphatic rings. The first-order chi connectivity index (χ1) is 18.9. The Kier molecular flexibility index (Phi) is 8.40. The molecule has 0 aliphatic carbocycles. The molecule has 0 saturated carbocycles. The van der Waals surface area contributed by atoms with Crippen LogP contribution < -0.4 is 10.1 Å². The Morgan fingerprint density at radius 3 is 2.41 bits per heavy atom. The van der Waals surface area contributed by atoms with E-state index in [9.17, 15) is 14.7 Å². The molecule has 0 aromatic heterocycles. The summed E-state index contributed by atoms with van der Waals surface area (Å²) in [6, 6.07) is 22.2. The van der Waals surface area contributed by atoms with Crippen LogP contribution in [0.2, 0.25) is 5.02 Å². The number of allylic oxidation sites excluding steroid dienone is 1. The molecule has 202 valence electrons. The number of carbonyl (C=O) groups excluding carboxylic acids is 2. The van der Waals surface area contributed by atoms with Gasteiger partial charge in [-0.2, -0.15) is 0 Å². The van der Waals surface area contributed by atoms with Gasteiger partial charge in [0.15, 0.2) is 12.1 Å². The Morgan fingerprint density at radius 1 is 1.00 bits per heavy atom. The van der Waals surface area contributed by atoms with E-state index in [2.05, 4.69) is 5.32 Å². The highest BCUT2D eigenvalue weighted by molar-refractivity contribution is 6.30. The lowest BCUT2D eigenvalue weighted by molar-refractivity contribution is -0.333. The fourth-order valence-corrected chi connectivity index (χ4v) is 4.66. The minimum Gasteiger partial charge on any atom is -0.463 e. The van der Waals surface area contributed by atoms with Crippen molar-refractivity contribution in [2.75, 3.05) is 6.61 Å². The molecule has 2 fully saturated rings. The van der Waals surface area contributed by atoms with Gasteiger partial charge in [-0.05, 0) is 48.0 Å². The number of hydrogen-bond acceptors (Lipinski definition) is 7. The van der Waals surface area contributed by atoms with Crippen molar-refractivity contribution in [1.29, 1.82) is 0 Å². The molecule has 8 nitrogen and oxygen atoms in total. The SMILES string of the molecule is CC(=O)NC1C(Oc2ccc(/C=C/C(=O)c3ccc(Cl)cc3)cc2)OC2COC(c3ccccc3)OC2C1O. The number of benzene rings is 3. The second kappa shape index (κ2) is 12.1. The van der Waals surface area contributed by atoms with Crippen LogP contribution in [-0.4, -0.2) is 54.0 Å². The number of carbonyl (C=O) groups is 2. The van der Waals surface area contributed by atoms with Crippen LogP contribution in [0.3, 0.4) is 0 Å². The Morgan fingerprint density at radius 2 is 1.72 bits per heavy atom. The lowest BCUT2D eigenvalue weighted by Crippen LogP contribution is -2.67. The molecule has 2 aliphatic heterocycles. The zero-order valence-electron chi connectivity index (χ0n) is 21.1. The van der Waals surface area contributed by atoms with E-state index in [1.807, 2.05) is 30.3 Å². The number of aliphatic hydroxyl groups excluding tert-OH is 1. The summed E-state index contributed by atoms with van der Waals surface area (Å²) in [5, 5.41) is 14.5. The first-order valence-electron chi connectivity index (χ1n) is 12.5. The van der Waals surface area contributed by atoms with Gasteiger partial charge in [-0.25, -0.2) is 0 Å². The summed E-state index contributed by atoms with van der Waals surface area (Å²) >= 11 is 5.88. The number of rotatable bonds is 7. The summed E-state index contributed by atoms with van der Waals surface area (Å²) in [6.07, 6.45) is -0.895. The van der Waals surface area contributed by atoms with Crippen molar-refractivity contribution in [3.63, 3.8) is 0 Å². The second-order valence-electron chi connectivity index (χ2n) is 9.33. The number of ketones is 1. The second-order valence-corrected chi connectivity index (χ2v) is 9.76. The number of nitrogens with one attached hydrogen (secondary N) is 1. The van der Waals surface area contributed by atoms with Crippen molar-refractivity contribution in [3.05, 3.63) is 107 Å². The number of amides is 1. The largest absolute Gasteiger partial charge is 0.463 e. The molecule has 0 bridgehead atoms. The van der Waals surface area contributed by atoms with Crippen LogP contribution in [0.4, 0.5) is 0 Å². The van der Waals surface area contributed by atoms with Gasteiger partial charge in [0.25, 0.3) is 0 Å². The highest BCUT2D eigenvalue weighted by atomic mass is 35.5. The molecule has 5 rings (SSSR count). The van der Waals surface area contributed by atoms with Gasteiger partial charge in [0.2, 0.25) is 12.2 Å². The van der Waals surface area contributed by atoms with E-state index < -0.39 is 36.9 Å². The van der Waals surface area contributed by atoms with Gasteiger partial charge >= 0.3 is 0 Å². The fourth-order valence-electron chi connectivity index (χ4n) is 4.53. The van der Waals surface area contributed by atoms with Crippen LogP contribution >= 0.6 is 11.6 Å². The average molecular weight is 550 g/mol. The van der Waals surface area contributed by atoms with Crippen LogP contribution in [0, 0.1) is 0 Å². The number of hydrogen-bond donors (Lipinski definition) is 2. The molecule has 6 atom stereocenters. The molecule has 1 amide bonds. The normalized spacial score (nSPS) is 26.5. The maximum Gasteiger partial charge on any atom is 0.223 e. The van der Waals surface area contributed by atoms with Crippen molar-refractivity contribution < 1.29 is 33.6 Å². The van der Waals surface area contributed by atoms with Crippen LogP contribution in [0.1, 0.15) is 34.7 Å². The van der Waals surface area contributed by atoms with Gasteiger partial charge in [-0.1, -0.05) is 60.1 Å². The van der Waals surface area contributed by atoms with Crippen molar-refractivity contribution in [3.8, 4) is 5.75 Å². The van der Waals surface area contributed by atoms with E-state index >= 15 is 0 Å². The predicted octanol–water partition coefficient (Wildman–Crippen LogP) is 4.32. The van der Waals surface area contributed by atoms with Crippen molar-refractivity contribution in [1.82, 2.24) is 5.32 Å². The van der Waals surface area contributed by atoms with E-state index in [1.54, 1.807) is 54.6 Å². The first-order valence-corrected chi connectivity index (χ1v) is 12.9. The number of aliphatic hydroxyl groups is 1. The maximum atomic E-state index is 12.4. The molecule has 6 unspecified atom stereocenters. The molecule has 2 saturated heterocycles. The van der Waals surface area contributed by atoms with Gasteiger partial charge in [0.1, 0.15) is 30.1 Å². The molecule has 0 radical (unpaired) electrons. The van der Waals surface area contributed by atoms with E-state index in [4.69, 9.17) is 30.5 Å². The first kappa shape index (κ1) is 27.1. The van der Waals surface area contributed by atoms with Crippen LogP contribution in [0.25, 0.3) is 6.08 Å². The number of fused-ring (bicyclic) bond motifs is 1. The van der Waals surface area contributed by atoms with Crippen molar-refractivity contribution in [2.45, 2.75) is 43.9 Å². The van der Waals surface area contributed by atoms with Gasteiger partial charge < -0.3 is 29.4 Å². The molecule has 2 N–H and O–H groups in total. The number of halogens is 1. The van der Waals surface area contributed by atoms with Gasteiger partial charge in [-0.3, -0.25) is 9.59 Å². The van der Waals surface area contributed by atoms with Gasteiger partial charge in [0.05, 0.1) is 6.61 Å². The van der Waals surface area contributed by atoms with Crippen LogP contribution in [0.5, 0.6) is 5.75 Å². The van der Waals surface area contributed by atoms with Crippen LogP contribution in [0.15, 0.2) is 84.9 Å². The third kappa shape index (κ3) is 6.55. The summed E-state index contributed by atoms with van der Waals surface area (Å²) in [5.41, 5.74) is 2.15. The molecule has 2 heterocycles. The minimum atomic E-state index is -1.10. The van der Waals surface area contributed by atoms with Crippen LogP contribution in [-0.2, 0) is 19.0 Å². The zero-order valence-corrected chi connectivity index (χ0v) is 21.9. The van der Waals surface area contributed by atoms with Gasteiger partial charge in [-0.15, -0.1) is 0 Å². The Hall–Kier alpha value is -3.53. The summed E-state index contributed by atoms with van der Waals surface area (Å²) in [4.78, 5) is 24.3. The van der Waals surface area contributed by atoms with Crippen molar-refractivity contribution in [2.24, 2.45) is 0 Å². The highest BCUT2D eigenvalue weighted by Gasteiger charge is 2.50. The topological polar surface area (TPSA) is 103 Å². The Balaban J connectivity index is 1.25. The smallest absolute Gasteiger partial charge is 0.223 e. The third-order valence-electron chi connectivity index (χ3n) is 6.50. The third-order valence-corrected chi connectivity index (χ3v) is 6.75. The molecule has 9 heteroatoms. The van der Waals surface area contributed by atoms with E-state index in [1.165, 1.54) is 13.0 Å². The minimum absolute atomic E-state index is 0.143.